The molecule has 0 amide bonds. The molecule has 0 radical (unpaired) electrons. The Labute approximate surface area is 139 Å². The molecule has 1 atom stereocenters. The van der Waals surface area contributed by atoms with E-state index < -0.39 is 0 Å². The van der Waals surface area contributed by atoms with Crippen molar-refractivity contribution >= 4 is 5.96 Å². The van der Waals surface area contributed by atoms with Crippen LogP contribution in [0.15, 0.2) is 29.3 Å². The van der Waals surface area contributed by atoms with E-state index in [9.17, 15) is 0 Å². The van der Waals surface area contributed by atoms with E-state index in [0.29, 0.717) is 12.5 Å². The minimum Gasteiger partial charge on any atom is -0.494 e. The molecule has 1 aliphatic rings. The van der Waals surface area contributed by atoms with Crippen molar-refractivity contribution in [2.24, 2.45) is 10.9 Å². The molecule has 1 saturated heterocycles. The summed E-state index contributed by atoms with van der Waals surface area (Å²) in [6, 6.07) is 8.28. The Hall–Kier alpha value is -1.75. The number of rotatable bonds is 7. The second-order valence-electron chi connectivity index (χ2n) is 5.91. The van der Waals surface area contributed by atoms with E-state index in [1.165, 1.54) is 5.56 Å². The van der Waals surface area contributed by atoms with Crippen molar-refractivity contribution in [1.29, 1.82) is 0 Å². The van der Waals surface area contributed by atoms with Crippen LogP contribution in [0.3, 0.4) is 0 Å². The van der Waals surface area contributed by atoms with Gasteiger partial charge in [0.15, 0.2) is 5.96 Å². The monoisotopic (exact) mass is 319 g/mol. The summed E-state index contributed by atoms with van der Waals surface area (Å²) >= 11 is 0. The fourth-order valence-electron chi connectivity index (χ4n) is 2.86. The average Bonchev–Trinajstić information content (AvgIpc) is 3.05. The maximum Gasteiger partial charge on any atom is 0.193 e. The normalized spacial score (nSPS) is 18.0. The number of hydrogen-bond donors (Lipinski definition) is 1. The van der Waals surface area contributed by atoms with Crippen LogP contribution in [0.2, 0.25) is 0 Å². The predicted octanol–water partition coefficient (Wildman–Crippen LogP) is 2.17. The van der Waals surface area contributed by atoms with Crippen LogP contribution < -0.4 is 10.1 Å². The summed E-state index contributed by atoms with van der Waals surface area (Å²) in [5.74, 6) is 2.49. The molecule has 1 unspecified atom stereocenters. The molecule has 2 rings (SSSR count). The molecule has 5 heteroatoms. The molecule has 0 aliphatic carbocycles. The molecule has 0 spiro atoms. The van der Waals surface area contributed by atoms with Crippen LogP contribution in [0, 0.1) is 5.92 Å². The van der Waals surface area contributed by atoms with E-state index >= 15 is 0 Å². The van der Waals surface area contributed by atoms with Crippen molar-refractivity contribution in [2.45, 2.75) is 19.8 Å². The first-order chi connectivity index (χ1) is 11.2. The fraction of sp³-hybridized carbons (Fsp3) is 0.611. The summed E-state index contributed by atoms with van der Waals surface area (Å²) in [5, 5.41) is 3.44. The summed E-state index contributed by atoms with van der Waals surface area (Å²) in [5.41, 5.74) is 1.27. The Kier molecular flexibility index (Phi) is 7.20. The average molecular weight is 319 g/mol. The molecule has 0 bridgehead atoms. The van der Waals surface area contributed by atoms with E-state index in [-0.39, 0.29) is 0 Å². The summed E-state index contributed by atoms with van der Waals surface area (Å²) in [7, 11) is 3.92. The Morgan fingerprint density at radius 2 is 2.35 bits per heavy atom. The van der Waals surface area contributed by atoms with Crippen LogP contribution in [0.5, 0.6) is 5.75 Å². The van der Waals surface area contributed by atoms with Gasteiger partial charge < -0.3 is 19.7 Å². The number of hydrogen-bond acceptors (Lipinski definition) is 3. The molecule has 1 heterocycles. The van der Waals surface area contributed by atoms with Gasteiger partial charge in [0, 0.05) is 39.7 Å². The van der Waals surface area contributed by atoms with Gasteiger partial charge in [-0.2, -0.15) is 0 Å². The van der Waals surface area contributed by atoms with Crippen LogP contribution in [0.1, 0.15) is 18.9 Å². The van der Waals surface area contributed by atoms with Crippen molar-refractivity contribution in [3.8, 4) is 5.75 Å². The van der Waals surface area contributed by atoms with Gasteiger partial charge in [0.2, 0.25) is 0 Å². The van der Waals surface area contributed by atoms with E-state index in [2.05, 4.69) is 34.4 Å². The lowest BCUT2D eigenvalue weighted by Gasteiger charge is -2.24. The summed E-state index contributed by atoms with van der Waals surface area (Å²) in [6.07, 6.45) is 2.09. The third-order valence-electron chi connectivity index (χ3n) is 4.04. The summed E-state index contributed by atoms with van der Waals surface area (Å²) in [6.45, 7) is 6.30. The van der Waals surface area contributed by atoms with Gasteiger partial charge in [-0.1, -0.05) is 12.1 Å². The van der Waals surface area contributed by atoms with Crippen LogP contribution in [-0.2, 0) is 11.2 Å². The van der Waals surface area contributed by atoms with Crippen molar-refractivity contribution in [2.75, 3.05) is 47.0 Å². The van der Waals surface area contributed by atoms with Crippen molar-refractivity contribution < 1.29 is 9.47 Å². The largest absolute Gasteiger partial charge is 0.494 e. The number of aliphatic imine (C=N–C) groups is 1. The highest BCUT2D eigenvalue weighted by Crippen LogP contribution is 2.14. The molecular formula is C18H29N3O2. The van der Waals surface area contributed by atoms with Crippen LogP contribution in [-0.4, -0.2) is 57.9 Å². The number of nitrogens with zero attached hydrogens (tertiary/aromatic N) is 2. The highest BCUT2D eigenvalue weighted by atomic mass is 16.5. The maximum absolute atomic E-state index is 5.54. The predicted molar refractivity (Wildman–Crippen MR) is 94.2 cm³/mol. The van der Waals surface area contributed by atoms with Gasteiger partial charge in [0.25, 0.3) is 0 Å². The zero-order valence-electron chi connectivity index (χ0n) is 14.5. The van der Waals surface area contributed by atoms with Gasteiger partial charge in [0.05, 0.1) is 13.2 Å². The minimum atomic E-state index is 0.612. The van der Waals surface area contributed by atoms with Gasteiger partial charge in [0.1, 0.15) is 5.75 Å². The number of guanidine groups is 1. The SMILES string of the molecule is CCOc1cccc(CCNC(=NC)N(C)CC2CCOC2)c1. The second kappa shape index (κ2) is 9.40. The van der Waals surface area contributed by atoms with Gasteiger partial charge in [-0.3, -0.25) is 4.99 Å². The maximum atomic E-state index is 5.54. The first-order valence-corrected chi connectivity index (χ1v) is 8.44. The molecule has 1 fully saturated rings. The lowest BCUT2D eigenvalue weighted by Crippen LogP contribution is -2.42. The smallest absolute Gasteiger partial charge is 0.193 e. The molecule has 0 saturated carbocycles. The Morgan fingerprint density at radius 1 is 1.48 bits per heavy atom. The number of nitrogens with one attached hydrogen (secondary N) is 1. The topological polar surface area (TPSA) is 46.1 Å². The first-order valence-electron chi connectivity index (χ1n) is 8.44. The van der Waals surface area contributed by atoms with Crippen molar-refractivity contribution in [1.82, 2.24) is 10.2 Å². The Balaban J connectivity index is 1.77. The summed E-state index contributed by atoms with van der Waals surface area (Å²) < 4.78 is 11.0. The molecule has 0 aromatic heterocycles. The van der Waals surface area contributed by atoms with E-state index in [1.807, 2.05) is 26.1 Å². The highest BCUT2D eigenvalue weighted by molar-refractivity contribution is 5.79. The van der Waals surface area contributed by atoms with E-state index in [0.717, 1.165) is 50.9 Å². The zero-order valence-corrected chi connectivity index (χ0v) is 14.5. The zero-order chi connectivity index (χ0) is 16.5. The molecule has 1 aromatic carbocycles. The third-order valence-corrected chi connectivity index (χ3v) is 4.04. The summed E-state index contributed by atoms with van der Waals surface area (Å²) in [4.78, 5) is 6.56. The van der Waals surface area contributed by atoms with Crippen LogP contribution >= 0.6 is 0 Å². The minimum absolute atomic E-state index is 0.612. The van der Waals surface area contributed by atoms with Crippen LogP contribution in [0.25, 0.3) is 0 Å². The molecule has 1 aromatic rings. The van der Waals surface area contributed by atoms with Crippen molar-refractivity contribution in [3.63, 3.8) is 0 Å². The van der Waals surface area contributed by atoms with Gasteiger partial charge in [-0.05, 0) is 37.5 Å². The van der Waals surface area contributed by atoms with Gasteiger partial charge in [-0.15, -0.1) is 0 Å². The third kappa shape index (κ3) is 5.75. The van der Waals surface area contributed by atoms with Crippen molar-refractivity contribution in [3.05, 3.63) is 29.8 Å². The Bertz CT molecular complexity index is 499. The van der Waals surface area contributed by atoms with E-state index in [1.54, 1.807) is 0 Å². The first kappa shape index (κ1) is 17.6. The standard InChI is InChI=1S/C18H29N3O2/c1-4-23-17-7-5-6-15(12-17)8-10-20-18(19-2)21(3)13-16-9-11-22-14-16/h5-7,12,16H,4,8-11,13-14H2,1-3H3,(H,19,20). The lowest BCUT2D eigenvalue weighted by molar-refractivity contribution is 0.181. The van der Waals surface area contributed by atoms with Crippen LogP contribution in [0.4, 0.5) is 0 Å². The number of ether oxygens (including phenoxy) is 2. The van der Waals surface area contributed by atoms with E-state index in [4.69, 9.17) is 9.47 Å². The quantitative estimate of drug-likeness (QED) is 0.618. The van der Waals surface area contributed by atoms with Gasteiger partial charge >= 0.3 is 0 Å². The molecule has 1 N–H and O–H groups in total. The number of benzene rings is 1. The molecule has 1 aliphatic heterocycles. The molecule has 128 valence electrons. The van der Waals surface area contributed by atoms with Gasteiger partial charge in [-0.25, -0.2) is 0 Å². The fourth-order valence-corrected chi connectivity index (χ4v) is 2.86. The molecule has 23 heavy (non-hydrogen) atoms. The molecule has 5 nitrogen and oxygen atoms in total. The second-order valence-corrected chi connectivity index (χ2v) is 5.91. The lowest BCUT2D eigenvalue weighted by atomic mass is 10.1. The Morgan fingerprint density at radius 3 is 3.04 bits per heavy atom. The highest BCUT2D eigenvalue weighted by Gasteiger charge is 2.18. The molecular weight excluding hydrogens is 290 g/mol.